The Balaban J connectivity index is 1.69. The molecule has 0 aliphatic heterocycles. The van der Waals surface area contributed by atoms with Crippen molar-refractivity contribution < 1.29 is 14.3 Å². The maximum atomic E-state index is 12.1. The van der Waals surface area contributed by atoms with Gasteiger partial charge < -0.3 is 9.47 Å². The molecule has 0 radical (unpaired) electrons. The van der Waals surface area contributed by atoms with E-state index >= 15 is 0 Å². The fourth-order valence-corrected chi connectivity index (χ4v) is 2.37. The molecule has 0 saturated heterocycles. The van der Waals surface area contributed by atoms with Crippen molar-refractivity contribution in [3.8, 4) is 11.5 Å². The number of carbonyl (C=O) groups is 1. The smallest absolute Gasteiger partial charge is 0.352 e. The highest BCUT2D eigenvalue weighted by Crippen LogP contribution is 2.22. The number of rotatable bonds is 4. The first-order valence-electron chi connectivity index (χ1n) is 7.55. The number of aryl methyl sites for hydroxylation is 1. The van der Waals surface area contributed by atoms with Crippen LogP contribution in [0.2, 0.25) is 0 Å². The molecule has 0 heterocycles. The summed E-state index contributed by atoms with van der Waals surface area (Å²) in [5.74, 6) is 0.769. The minimum Gasteiger partial charge on any atom is -0.479 e. The van der Waals surface area contributed by atoms with Crippen molar-refractivity contribution in [3.05, 3.63) is 72.3 Å². The van der Waals surface area contributed by atoms with Crippen LogP contribution in [0.1, 0.15) is 12.5 Å². The monoisotopic (exact) mass is 306 g/mol. The fourth-order valence-electron chi connectivity index (χ4n) is 2.37. The zero-order chi connectivity index (χ0) is 16.2. The summed E-state index contributed by atoms with van der Waals surface area (Å²) < 4.78 is 11.1. The summed E-state index contributed by atoms with van der Waals surface area (Å²) in [5, 5.41) is 2.21. The molecule has 0 bridgehead atoms. The van der Waals surface area contributed by atoms with Crippen LogP contribution in [0.5, 0.6) is 11.5 Å². The molecular formula is C20H18O3. The number of hydrogen-bond donors (Lipinski definition) is 0. The Morgan fingerprint density at radius 1 is 0.870 bits per heavy atom. The summed E-state index contributed by atoms with van der Waals surface area (Å²) in [4.78, 5) is 12.1. The summed E-state index contributed by atoms with van der Waals surface area (Å²) in [6, 6.07) is 21.2. The number of carbonyl (C=O) groups excluding carboxylic acids is 1. The SMILES string of the molecule is Cc1cccc(OC(=O)C(C)Oc2ccc3ccccc3c2)c1. The molecule has 0 saturated carbocycles. The quantitative estimate of drug-likeness (QED) is 0.525. The van der Waals surface area contributed by atoms with Gasteiger partial charge in [-0.05, 0) is 54.4 Å². The lowest BCUT2D eigenvalue weighted by Gasteiger charge is -2.14. The van der Waals surface area contributed by atoms with Crippen LogP contribution in [0, 0.1) is 6.92 Å². The van der Waals surface area contributed by atoms with Crippen molar-refractivity contribution in [2.75, 3.05) is 0 Å². The first-order valence-corrected chi connectivity index (χ1v) is 7.55. The van der Waals surface area contributed by atoms with Crippen molar-refractivity contribution in [2.45, 2.75) is 20.0 Å². The predicted molar refractivity (Wildman–Crippen MR) is 90.9 cm³/mol. The van der Waals surface area contributed by atoms with Gasteiger partial charge in [0, 0.05) is 0 Å². The van der Waals surface area contributed by atoms with E-state index in [1.807, 2.05) is 67.6 Å². The highest BCUT2D eigenvalue weighted by molar-refractivity contribution is 5.84. The van der Waals surface area contributed by atoms with Gasteiger partial charge in [0.2, 0.25) is 0 Å². The highest BCUT2D eigenvalue weighted by Gasteiger charge is 2.17. The molecule has 0 amide bonds. The number of esters is 1. The van der Waals surface area contributed by atoms with Crippen molar-refractivity contribution >= 4 is 16.7 Å². The standard InChI is InChI=1S/C20H18O3/c1-14-6-5-9-18(12-14)23-20(21)15(2)22-19-11-10-16-7-3-4-8-17(16)13-19/h3-13,15H,1-2H3. The normalized spacial score (nSPS) is 11.9. The predicted octanol–water partition coefficient (Wildman–Crippen LogP) is 4.52. The summed E-state index contributed by atoms with van der Waals surface area (Å²) in [6.45, 7) is 3.64. The molecule has 3 aromatic rings. The lowest BCUT2D eigenvalue weighted by atomic mass is 10.1. The van der Waals surface area contributed by atoms with E-state index in [0.29, 0.717) is 11.5 Å². The van der Waals surface area contributed by atoms with Gasteiger partial charge in [0.15, 0.2) is 6.10 Å². The van der Waals surface area contributed by atoms with Gasteiger partial charge in [-0.15, -0.1) is 0 Å². The molecular weight excluding hydrogens is 288 g/mol. The Kier molecular flexibility index (Phi) is 4.29. The summed E-state index contributed by atoms with van der Waals surface area (Å²) in [6.07, 6.45) is -0.684. The van der Waals surface area contributed by atoms with Crippen molar-refractivity contribution in [1.29, 1.82) is 0 Å². The number of hydrogen-bond acceptors (Lipinski definition) is 3. The molecule has 0 aliphatic carbocycles. The van der Waals surface area contributed by atoms with Crippen LogP contribution in [0.4, 0.5) is 0 Å². The van der Waals surface area contributed by atoms with E-state index in [1.54, 1.807) is 13.0 Å². The molecule has 23 heavy (non-hydrogen) atoms. The molecule has 116 valence electrons. The Morgan fingerprint density at radius 2 is 1.65 bits per heavy atom. The van der Waals surface area contributed by atoms with Gasteiger partial charge in [0.25, 0.3) is 0 Å². The van der Waals surface area contributed by atoms with Crippen LogP contribution >= 0.6 is 0 Å². The summed E-state index contributed by atoms with van der Waals surface area (Å²) in [5.41, 5.74) is 1.04. The Morgan fingerprint density at radius 3 is 2.43 bits per heavy atom. The van der Waals surface area contributed by atoms with Gasteiger partial charge in [-0.3, -0.25) is 0 Å². The summed E-state index contributed by atoms with van der Waals surface area (Å²) in [7, 11) is 0. The molecule has 1 atom stereocenters. The Labute approximate surface area is 135 Å². The van der Waals surface area contributed by atoms with E-state index in [2.05, 4.69) is 0 Å². The second kappa shape index (κ2) is 6.53. The fraction of sp³-hybridized carbons (Fsp3) is 0.150. The first kappa shape index (κ1) is 15.1. The average Bonchev–Trinajstić information content (AvgIpc) is 2.54. The third-order valence-electron chi connectivity index (χ3n) is 3.57. The average molecular weight is 306 g/mol. The van der Waals surface area contributed by atoms with Crippen molar-refractivity contribution in [2.24, 2.45) is 0 Å². The number of fused-ring (bicyclic) bond motifs is 1. The topological polar surface area (TPSA) is 35.5 Å². The minimum atomic E-state index is -0.684. The molecule has 1 unspecified atom stereocenters. The lowest BCUT2D eigenvalue weighted by molar-refractivity contribution is -0.141. The molecule has 0 fully saturated rings. The zero-order valence-corrected chi connectivity index (χ0v) is 13.2. The van der Waals surface area contributed by atoms with Gasteiger partial charge in [-0.2, -0.15) is 0 Å². The highest BCUT2D eigenvalue weighted by atomic mass is 16.6. The molecule has 0 N–H and O–H groups in total. The van der Waals surface area contributed by atoms with Gasteiger partial charge in [-0.25, -0.2) is 4.79 Å². The largest absolute Gasteiger partial charge is 0.479 e. The second-order valence-corrected chi connectivity index (χ2v) is 5.51. The molecule has 3 heteroatoms. The van der Waals surface area contributed by atoms with Gasteiger partial charge in [0.1, 0.15) is 11.5 Å². The molecule has 0 aromatic heterocycles. The van der Waals surface area contributed by atoms with E-state index in [1.165, 1.54) is 0 Å². The van der Waals surface area contributed by atoms with Crippen LogP contribution in [0.15, 0.2) is 66.7 Å². The Hall–Kier alpha value is -2.81. The van der Waals surface area contributed by atoms with Crippen LogP contribution < -0.4 is 9.47 Å². The second-order valence-electron chi connectivity index (χ2n) is 5.51. The molecule has 0 aliphatic rings. The van der Waals surface area contributed by atoms with E-state index in [9.17, 15) is 4.79 Å². The van der Waals surface area contributed by atoms with E-state index < -0.39 is 12.1 Å². The van der Waals surface area contributed by atoms with Gasteiger partial charge in [0.05, 0.1) is 0 Å². The van der Waals surface area contributed by atoms with Crippen molar-refractivity contribution in [3.63, 3.8) is 0 Å². The van der Waals surface area contributed by atoms with Crippen LogP contribution in [-0.4, -0.2) is 12.1 Å². The first-order chi connectivity index (χ1) is 11.1. The van der Waals surface area contributed by atoms with E-state index in [0.717, 1.165) is 16.3 Å². The minimum absolute atomic E-state index is 0.413. The maximum Gasteiger partial charge on any atom is 0.352 e. The third-order valence-corrected chi connectivity index (χ3v) is 3.57. The molecule has 3 aromatic carbocycles. The molecule has 3 nitrogen and oxygen atoms in total. The van der Waals surface area contributed by atoms with Crippen LogP contribution in [-0.2, 0) is 4.79 Å². The number of benzene rings is 3. The molecule has 0 spiro atoms. The summed E-state index contributed by atoms with van der Waals surface area (Å²) >= 11 is 0. The zero-order valence-electron chi connectivity index (χ0n) is 13.2. The van der Waals surface area contributed by atoms with E-state index in [4.69, 9.17) is 9.47 Å². The lowest BCUT2D eigenvalue weighted by Crippen LogP contribution is -2.28. The Bertz CT molecular complexity index is 839. The maximum absolute atomic E-state index is 12.1. The number of ether oxygens (including phenoxy) is 2. The van der Waals surface area contributed by atoms with Gasteiger partial charge >= 0.3 is 5.97 Å². The third kappa shape index (κ3) is 3.69. The van der Waals surface area contributed by atoms with Crippen LogP contribution in [0.3, 0.4) is 0 Å². The van der Waals surface area contributed by atoms with E-state index in [-0.39, 0.29) is 0 Å². The molecule has 3 rings (SSSR count). The van der Waals surface area contributed by atoms with Crippen LogP contribution in [0.25, 0.3) is 10.8 Å². The van der Waals surface area contributed by atoms with Gasteiger partial charge in [-0.1, -0.05) is 42.5 Å². The van der Waals surface area contributed by atoms with Crippen molar-refractivity contribution in [1.82, 2.24) is 0 Å².